The molecule has 1 unspecified atom stereocenters. The van der Waals surface area contributed by atoms with E-state index in [-0.39, 0.29) is 30.2 Å². The van der Waals surface area contributed by atoms with E-state index in [1.807, 2.05) is 6.07 Å². The standard InChI is InChI=1S/C15H16N2O4/c1-9-3-4-10(2)13(15(19)20)12(9)14(18)17-5-6-21-11(7-16)8-17/h3-4,11H,5-6,8H2,1-2H3,(H,19,20). The molecule has 110 valence electrons. The number of carboxylic acid groups (broad SMARTS) is 1. The van der Waals surface area contributed by atoms with Crippen LogP contribution in [0.25, 0.3) is 0 Å². The molecule has 0 aliphatic carbocycles. The molecule has 0 saturated carbocycles. The minimum atomic E-state index is -1.12. The van der Waals surface area contributed by atoms with Gasteiger partial charge in [0, 0.05) is 6.54 Å². The van der Waals surface area contributed by atoms with Gasteiger partial charge >= 0.3 is 5.97 Å². The van der Waals surface area contributed by atoms with Crippen molar-refractivity contribution in [3.05, 3.63) is 34.4 Å². The van der Waals surface area contributed by atoms with Gasteiger partial charge in [-0.2, -0.15) is 5.26 Å². The van der Waals surface area contributed by atoms with Crippen molar-refractivity contribution in [2.24, 2.45) is 0 Å². The smallest absolute Gasteiger partial charge is 0.336 e. The second kappa shape index (κ2) is 5.94. The van der Waals surface area contributed by atoms with Crippen molar-refractivity contribution in [1.82, 2.24) is 4.90 Å². The maximum atomic E-state index is 12.7. The first-order valence-electron chi connectivity index (χ1n) is 6.59. The zero-order valence-corrected chi connectivity index (χ0v) is 11.9. The normalized spacial score (nSPS) is 18.1. The fraction of sp³-hybridized carbons (Fsp3) is 0.400. The van der Waals surface area contributed by atoms with E-state index >= 15 is 0 Å². The zero-order valence-electron chi connectivity index (χ0n) is 11.9. The van der Waals surface area contributed by atoms with Gasteiger partial charge in [0.25, 0.3) is 5.91 Å². The first-order valence-corrected chi connectivity index (χ1v) is 6.59. The molecule has 1 aliphatic rings. The lowest BCUT2D eigenvalue weighted by molar-refractivity contribution is 0.00333. The fourth-order valence-electron chi connectivity index (χ4n) is 2.43. The number of rotatable bonds is 2. The van der Waals surface area contributed by atoms with E-state index in [9.17, 15) is 14.7 Å². The summed E-state index contributed by atoms with van der Waals surface area (Å²) in [7, 11) is 0. The number of carbonyl (C=O) groups is 2. The summed E-state index contributed by atoms with van der Waals surface area (Å²) in [6, 6.07) is 5.39. The third-order valence-corrected chi connectivity index (χ3v) is 3.55. The van der Waals surface area contributed by atoms with Crippen LogP contribution in [-0.4, -0.2) is 47.7 Å². The van der Waals surface area contributed by atoms with Gasteiger partial charge in [0.1, 0.15) is 0 Å². The molecule has 1 aromatic rings. The number of nitrogens with zero attached hydrogens (tertiary/aromatic N) is 2. The molecule has 1 aliphatic heterocycles. The van der Waals surface area contributed by atoms with Gasteiger partial charge in [-0.15, -0.1) is 0 Å². The third-order valence-electron chi connectivity index (χ3n) is 3.55. The molecular formula is C15H16N2O4. The molecule has 0 aromatic heterocycles. The van der Waals surface area contributed by atoms with Gasteiger partial charge in [0.05, 0.1) is 30.3 Å². The Kier molecular flexibility index (Phi) is 4.24. The third kappa shape index (κ3) is 2.88. The van der Waals surface area contributed by atoms with Gasteiger partial charge in [-0.05, 0) is 25.0 Å². The molecule has 6 heteroatoms. The first kappa shape index (κ1) is 15.0. The molecular weight excluding hydrogens is 272 g/mol. The van der Waals surface area contributed by atoms with Gasteiger partial charge in [-0.3, -0.25) is 4.79 Å². The average Bonchev–Trinajstić information content (AvgIpc) is 2.48. The number of aromatic carboxylic acids is 1. The molecule has 0 spiro atoms. The summed E-state index contributed by atoms with van der Waals surface area (Å²) < 4.78 is 5.20. The van der Waals surface area contributed by atoms with Crippen molar-refractivity contribution in [1.29, 1.82) is 5.26 Å². The minimum Gasteiger partial charge on any atom is -0.478 e. The second-order valence-corrected chi connectivity index (χ2v) is 4.99. The van der Waals surface area contributed by atoms with Crippen molar-refractivity contribution < 1.29 is 19.4 Å². The van der Waals surface area contributed by atoms with Crippen molar-refractivity contribution in [3.63, 3.8) is 0 Å². The van der Waals surface area contributed by atoms with E-state index in [4.69, 9.17) is 10.00 Å². The van der Waals surface area contributed by atoms with Gasteiger partial charge in [0.2, 0.25) is 0 Å². The number of nitriles is 1. The summed E-state index contributed by atoms with van der Waals surface area (Å²) in [6.07, 6.45) is -0.666. The molecule has 1 amide bonds. The lowest BCUT2D eigenvalue weighted by Crippen LogP contribution is -2.45. The molecule has 1 N–H and O–H groups in total. The number of aryl methyl sites for hydroxylation is 2. The first-order chi connectivity index (χ1) is 9.95. The summed E-state index contributed by atoms with van der Waals surface area (Å²) >= 11 is 0. The average molecular weight is 288 g/mol. The van der Waals surface area contributed by atoms with Crippen LogP contribution < -0.4 is 0 Å². The number of hydrogen-bond donors (Lipinski definition) is 1. The maximum absolute atomic E-state index is 12.7. The number of benzene rings is 1. The Hall–Kier alpha value is -2.39. The Balaban J connectivity index is 2.42. The van der Waals surface area contributed by atoms with Crippen molar-refractivity contribution in [2.45, 2.75) is 20.0 Å². The molecule has 1 saturated heterocycles. The molecule has 1 heterocycles. The van der Waals surface area contributed by atoms with E-state index in [1.165, 1.54) is 4.90 Å². The van der Waals surface area contributed by atoms with Crippen LogP contribution in [0, 0.1) is 25.2 Å². The summed E-state index contributed by atoms with van der Waals surface area (Å²) in [5.41, 5.74) is 1.38. The lowest BCUT2D eigenvalue weighted by atomic mass is 9.96. The van der Waals surface area contributed by atoms with Crippen LogP contribution in [0.2, 0.25) is 0 Å². The van der Waals surface area contributed by atoms with Crippen LogP contribution in [-0.2, 0) is 4.74 Å². The summed E-state index contributed by atoms with van der Waals surface area (Å²) in [5, 5.41) is 18.3. The summed E-state index contributed by atoms with van der Waals surface area (Å²) in [6.45, 7) is 4.15. The zero-order chi connectivity index (χ0) is 15.6. The predicted molar refractivity (Wildman–Crippen MR) is 74.1 cm³/mol. The van der Waals surface area contributed by atoms with Crippen molar-refractivity contribution in [3.8, 4) is 6.07 Å². The van der Waals surface area contributed by atoms with Crippen LogP contribution in [0.1, 0.15) is 31.8 Å². The number of ether oxygens (including phenoxy) is 1. The van der Waals surface area contributed by atoms with Crippen molar-refractivity contribution in [2.75, 3.05) is 19.7 Å². The van der Waals surface area contributed by atoms with Crippen LogP contribution in [0.15, 0.2) is 12.1 Å². The molecule has 21 heavy (non-hydrogen) atoms. The molecule has 1 fully saturated rings. The highest BCUT2D eigenvalue weighted by molar-refractivity contribution is 6.06. The Morgan fingerprint density at radius 2 is 1.95 bits per heavy atom. The SMILES string of the molecule is Cc1ccc(C)c(C(=O)N2CCOC(C#N)C2)c1C(=O)O. The highest BCUT2D eigenvalue weighted by Crippen LogP contribution is 2.22. The molecule has 6 nitrogen and oxygen atoms in total. The molecule has 2 rings (SSSR count). The summed E-state index contributed by atoms with van der Waals surface area (Å²) in [5.74, 6) is -1.48. The minimum absolute atomic E-state index is 0.0278. The predicted octanol–water partition coefficient (Wildman–Crippen LogP) is 1.37. The van der Waals surface area contributed by atoms with Crippen LogP contribution in [0.3, 0.4) is 0 Å². The van der Waals surface area contributed by atoms with Crippen LogP contribution in [0.4, 0.5) is 0 Å². The second-order valence-electron chi connectivity index (χ2n) is 4.99. The molecule has 0 radical (unpaired) electrons. The van der Waals surface area contributed by atoms with Gasteiger partial charge in [0.15, 0.2) is 6.10 Å². The van der Waals surface area contributed by atoms with E-state index in [1.54, 1.807) is 26.0 Å². The number of hydrogen-bond acceptors (Lipinski definition) is 4. The molecule has 1 aromatic carbocycles. The van der Waals surface area contributed by atoms with E-state index < -0.39 is 12.1 Å². The highest BCUT2D eigenvalue weighted by Gasteiger charge is 2.29. The Morgan fingerprint density at radius 1 is 1.33 bits per heavy atom. The van der Waals surface area contributed by atoms with E-state index in [2.05, 4.69) is 0 Å². The summed E-state index contributed by atoms with van der Waals surface area (Å²) in [4.78, 5) is 25.6. The Labute approximate surface area is 122 Å². The van der Waals surface area contributed by atoms with E-state index in [0.717, 1.165) is 0 Å². The number of carbonyl (C=O) groups excluding carboxylic acids is 1. The van der Waals surface area contributed by atoms with E-state index in [0.29, 0.717) is 17.7 Å². The highest BCUT2D eigenvalue weighted by atomic mass is 16.5. The largest absolute Gasteiger partial charge is 0.478 e. The van der Waals surface area contributed by atoms with Crippen molar-refractivity contribution >= 4 is 11.9 Å². The fourth-order valence-corrected chi connectivity index (χ4v) is 2.43. The van der Waals surface area contributed by atoms with Crippen LogP contribution in [0.5, 0.6) is 0 Å². The van der Waals surface area contributed by atoms with Crippen LogP contribution >= 0.6 is 0 Å². The monoisotopic (exact) mass is 288 g/mol. The topological polar surface area (TPSA) is 90.6 Å². The lowest BCUT2D eigenvalue weighted by Gasteiger charge is -2.30. The Bertz CT molecular complexity index is 633. The van der Waals surface area contributed by atoms with Gasteiger partial charge in [-0.25, -0.2) is 4.79 Å². The van der Waals surface area contributed by atoms with Gasteiger partial charge < -0.3 is 14.7 Å². The molecule has 1 atom stereocenters. The Morgan fingerprint density at radius 3 is 2.52 bits per heavy atom. The quantitative estimate of drug-likeness (QED) is 0.887. The molecule has 0 bridgehead atoms. The van der Waals surface area contributed by atoms with Gasteiger partial charge in [-0.1, -0.05) is 12.1 Å². The number of amides is 1. The maximum Gasteiger partial charge on any atom is 0.336 e. The number of carboxylic acids is 1. The number of morpholine rings is 1.